The molecule has 7 heteroatoms. The van der Waals surface area contributed by atoms with Crippen molar-refractivity contribution in [2.24, 2.45) is 0 Å². The molecule has 17 heavy (non-hydrogen) atoms. The van der Waals surface area contributed by atoms with Crippen molar-refractivity contribution in [2.75, 3.05) is 12.9 Å². The van der Waals surface area contributed by atoms with E-state index in [2.05, 4.69) is 0 Å². The van der Waals surface area contributed by atoms with Crippen LogP contribution < -0.4 is 4.74 Å². The van der Waals surface area contributed by atoms with Gasteiger partial charge in [-0.2, -0.15) is 0 Å². The summed E-state index contributed by atoms with van der Waals surface area (Å²) in [6.07, 6.45) is 0. The molecule has 5 nitrogen and oxygen atoms in total. The van der Waals surface area contributed by atoms with Crippen LogP contribution in [0.2, 0.25) is 5.02 Å². The van der Waals surface area contributed by atoms with Crippen LogP contribution >= 0.6 is 11.6 Å². The Morgan fingerprint density at radius 2 is 2.06 bits per heavy atom. The highest BCUT2D eigenvalue weighted by Gasteiger charge is 2.22. The van der Waals surface area contributed by atoms with Gasteiger partial charge in [-0.1, -0.05) is 11.6 Å². The minimum Gasteiger partial charge on any atom is -0.495 e. The monoisotopic (exact) mass is 278 g/mol. The van der Waals surface area contributed by atoms with Crippen molar-refractivity contribution < 1.29 is 23.1 Å². The van der Waals surface area contributed by atoms with Crippen LogP contribution in [0.15, 0.2) is 17.0 Å². The Kier molecular flexibility index (Phi) is 4.00. The lowest BCUT2D eigenvalue weighted by Crippen LogP contribution is -2.16. The van der Waals surface area contributed by atoms with Crippen LogP contribution in [0.3, 0.4) is 0 Å². The lowest BCUT2D eigenvalue weighted by molar-refractivity contribution is -0.134. The third-order valence-electron chi connectivity index (χ3n) is 2.10. The molecule has 1 aromatic carbocycles. The zero-order valence-corrected chi connectivity index (χ0v) is 10.8. The number of aryl methyl sites for hydroxylation is 1. The van der Waals surface area contributed by atoms with Gasteiger partial charge in [0, 0.05) is 0 Å². The summed E-state index contributed by atoms with van der Waals surface area (Å²) in [6, 6.07) is 2.66. The predicted molar refractivity (Wildman–Crippen MR) is 62.4 cm³/mol. The largest absolute Gasteiger partial charge is 0.495 e. The minimum atomic E-state index is -3.88. The van der Waals surface area contributed by atoms with E-state index in [1.54, 1.807) is 6.92 Å². The second-order valence-electron chi connectivity index (χ2n) is 3.41. The molecule has 0 fully saturated rings. The van der Waals surface area contributed by atoms with Gasteiger partial charge in [0.05, 0.1) is 17.0 Å². The van der Waals surface area contributed by atoms with Gasteiger partial charge in [-0.15, -0.1) is 0 Å². The molecular formula is C10H11ClO5S. The maximum absolute atomic E-state index is 11.7. The molecule has 0 aliphatic heterocycles. The van der Waals surface area contributed by atoms with Gasteiger partial charge in [-0.25, -0.2) is 8.42 Å². The summed E-state index contributed by atoms with van der Waals surface area (Å²) in [5.41, 5.74) is 0.396. The molecule has 0 aliphatic rings. The Hall–Kier alpha value is -1.27. The van der Waals surface area contributed by atoms with E-state index in [-0.39, 0.29) is 9.92 Å². The number of sulfone groups is 1. The molecule has 0 aliphatic carbocycles. The smallest absolute Gasteiger partial charge is 0.319 e. The van der Waals surface area contributed by atoms with E-state index in [1.807, 2.05) is 0 Å². The number of carboxylic acid groups (broad SMARTS) is 1. The second kappa shape index (κ2) is 4.93. The topological polar surface area (TPSA) is 80.7 Å². The fourth-order valence-corrected chi connectivity index (χ4v) is 3.00. The number of halogens is 1. The number of aliphatic carboxylic acids is 1. The Morgan fingerprint density at radius 1 is 1.47 bits per heavy atom. The molecule has 0 spiro atoms. The molecule has 0 heterocycles. The summed E-state index contributed by atoms with van der Waals surface area (Å²) in [5.74, 6) is -2.02. The fourth-order valence-electron chi connectivity index (χ4n) is 1.37. The average Bonchev–Trinajstić information content (AvgIpc) is 2.18. The number of methoxy groups -OCH3 is 1. The summed E-state index contributed by atoms with van der Waals surface area (Å²) in [7, 11) is -2.47. The maximum Gasteiger partial charge on any atom is 0.319 e. The van der Waals surface area contributed by atoms with Crippen molar-refractivity contribution >= 4 is 27.4 Å². The van der Waals surface area contributed by atoms with Crippen LogP contribution in [0, 0.1) is 6.92 Å². The van der Waals surface area contributed by atoms with Crippen LogP contribution in [0.5, 0.6) is 5.75 Å². The summed E-state index contributed by atoms with van der Waals surface area (Å²) in [6.45, 7) is 1.55. The van der Waals surface area contributed by atoms with Gasteiger partial charge in [-0.3, -0.25) is 4.79 Å². The Balaban J connectivity index is 3.33. The number of hydrogen-bond donors (Lipinski definition) is 1. The van der Waals surface area contributed by atoms with E-state index in [9.17, 15) is 13.2 Å². The molecule has 1 N–H and O–H groups in total. The first-order chi connectivity index (χ1) is 7.77. The number of carbonyl (C=O) groups is 1. The van der Waals surface area contributed by atoms with E-state index in [1.165, 1.54) is 19.2 Å². The SMILES string of the molecule is COc1cc(C)c(S(=O)(=O)CC(=O)O)cc1Cl. The second-order valence-corrected chi connectivity index (χ2v) is 5.77. The van der Waals surface area contributed by atoms with Gasteiger partial charge < -0.3 is 9.84 Å². The Bertz CT molecular complexity index is 550. The van der Waals surface area contributed by atoms with Crippen LogP contribution in [0.25, 0.3) is 0 Å². The maximum atomic E-state index is 11.7. The van der Waals surface area contributed by atoms with Crippen molar-refractivity contribution in [3.63, 3.8) is 0 Å². The summed E-state index contributed by atoms with van der Waals surface area (Å²) < 4.78 is 28.4. The molecule has 1 aromatic rings. The predicted octanol–water partition coefficient (Wildman–Crippen LogP) is 1.52. The van der Waals surface area contributed by atoms with E-state index in [0.29, 0.717) is 11.3 Å². The lowest BCUT2D eigenvalue weighted by atomic mass is 10.2. The molecule has 0 radical (unpaired) electrons. The van der Waals surface area contributed by atoms with Crippen molar-refractivity contribution in [1.29, 1.82) is 0 Å². The highest BCUT2D eigenvalue weighted by Crippen LogP contribution is 2.30. The molecule has 1 rings (SSSR count). The molecule has 0 amide bonds. The standard InChI is InChI=1S/C10H11ClO5S/c1-6-3-8(16-2)7(11)4-9(6)17(14,15)5-10(12)13/h3-4H,5H2,1-2H3,(H,12,13). The highest BCUT2D eigenvalue weighted by atomic mass is 35.5. The molecule has 0 unspecified atom stereocenters. The van der Waals surface area contributed by atoms with Crippen molar-refractivity contribution in [3.05, 3.63) is 22.7 Å². The molecule has 0 aromatic heterocycles. The van der Waals surface area contributed by atoms with E-state index < -0.39 is 21.6 Å². The van der Waals surface area contributed by atoms with Crippen molar-refractivity contribution in [3.8, 4) is 5.75 Å². The Morgan fingerprint density at radius 3 is 2.53 bits per heavy atom. The average molecular weight is 279 g/mol. The zero-order valence-electron chi connectivity index (χ0n) is 9.23. The number of rotatable bonds is 4. The summed E-state index contributed by atoms with van der Waals surface area (Å²) >= 11 is 5.81. The highest BCUT2D eigenvalue weighted by molar-refractivity contribution is 7.92. The van der Waals surface area contributed by atoms with Crippen LogP contribution in [-0.4, -0.2) is 32.4 Å². The van der Waals surface area contributed by atoms with Crippen LogP contribution in [0.1, 0.15) is 5.56 Å². The minimum absolute atomic E-state index is 0.0919. The van der Waals surface area contributed by atoms with E-state index in [0.717, 1.165) is 0 Å². The van der Waals surface area contributed by atoms with Crippen molar-refractivity contribution in [1.82, 2.24) is 0 Å². The number of hydrogen-bond acceptors (Lipinski definition) is 4. The molecule has 0 saturated heterocycles. The molecule has 0 saturated carbocycles. The fraction of sp³-hybridized carbons (Fsp3) is 0.300. The van der Waals surface area contributed by atoms with Gasteiger partial charge in [0.2, 0.25) is 0 Å². The van der Waals surface area contributed by atoms with E-state index >= 15 is 0 Å². The first kappa shape index (κ1) is 13.8. The van der Waals surface area contributed by atoms with Crippen LogP contribution in [-0.2, 0) is 14.6 Å². The summed E-state index contributed by atoms with van der Waals surface area (Å²) in [5, 5.41) is 8.66. The zero-order chi connectivity index (χ0) is 13.2. The molecular weight excluding hydrogens is 268 g/mol. The quantitative estimate of drug-likeness (QED) is 0.903. The van der Waals surface area contributed by atoms with Gasteiger partial charge in [0.25, 0.3) is 0 Å². The van der Waals surface area contributed by atoms with Gasteiger partial charge in [-0.05, 0) is 24.6 Å². The first-order valence-electron chi connectivity index (χ1n) is 4.56. The number of benzene rings is 1. The number of carboxylic acids is 1. The van der Waals surface area contributed by atoms with Crippen LogP contribution in [0.4, 0.5) is 0 Å². The van der Waals surface area contributed by atoms with Gasteiger partial charge in [0.1, 0.15) is 5.75 Å². The van der Waals surface area contributed by atoms with Gasteiger partial charge >= 0.3 is 5.97 Å². The Labute approximate surface area is 104 Å². The molecule has 94 valence electrons. The van der Waals surface area contributed by atoms with Gasteiger partial charge in [0.15, 0.2) is 15.6 Å². The van der Waals surface area contributed by atoms with E-state index in [4.69, 9.17) is 21.4 Å². The lowest BCUT2D eigenvalue weighted by Gasteiger charge is -2.09. The molecule has 0 atom stereocenters. The normalized spacial score (nSPS) is 11.2. The molecule has 0 bridgehead atoms. The van der Waals surface area contributed by atoms with Crippen molar-refractivity contribution in [2.45, 2.75) is 11.8 Å². The third-order valence-corrected chi connectivity index (χ3v) is 4.13. The third kappa shape index (κ3) is 3.10. The first-order valence-corrected chi connectivity index (χ1v) is 6.59. The summed E-state index contributed by atoms with van der Waals surface area (Å²) in [4.78, 5) is 10.4. The number of ether oxygens (including phenoxy) is 1.